The van der Waals surface area contributed by atoms with E-state index < -0.39 is 0 Å². The van der Waals surface area contributed by atoms with E-state index in [9.17, 15) is 0 Å². The smallest absolute Gasteiger partial charge is 0.225 e. The SMILES string of the molecule is COc1nccc(I)c1-c1nc2c(C)nc(N3CCOCC3)cc2[nH]1. The van der Waals surface area contributed by atoms with Crippen LogP contribution in [0.25, 0.3) is 22.4 Å². The van der Waals surface area contributed by atoms with E-state index in [-0.39, 0.29) is 0 Å². The number of H-pyrrole nitrogens is 1. The monoisotopic (exact) mass is 451 g/mol. The maximum Gasteiger partial charge on any atom is 0.225 e. The Bertz CT molecular complexity index is 921. The van der Waals surface area contributed by atoms with Gasteiger partial charge in [0.1, 0.15) is 17.2 Å². The molecule has 0 aliphatic carbocycles. The number of halogens is 1. The van der Waals surface area contributed by atoms with Crippen LogP contribution in [-0.4, -0.2) is 53.3 Å². The van der Waals surface area contributed by atoms with Crippen LogP contribution in [0.3, 0.4) is 0 Å². The molecule has 3 aromatic heterocycles. The molecule has 0 amide bonds. The number of aromatic nitrogens is 4. The van der Waals surface area contributed by atoms with Crippen LogP contribution in [0.4, 0.5) is 5.82 Å². The molecule has 130 valence electrons. The number of aryl methyl sites for hydroxylation is 1. The third kappa shape index (κ3) is 3.04. The minimum atomic E-state index is 0.560. The molecule has 3 aromatic rings. The summed E-state index contributed by atoms with van der Waals surface area (Å²) < 4.78 is 11.9. The number of pyridine rings is 2. The molecule has 1 N–H and O–H groups in total. The number of nitrogens with zero attached hydrogens (tertiary/aromatic N) is 4. The van der Waals surface area contributed by atoms with Gasteiger partial charge in [0.2, 0.25) is 5.88 Å². The normalized spacial score (nSPS) is 14.9. The number of ether oxygens (including phenoxy) is 2. The highest BCUT2D eigenvalue weighted by atomic mass is 127. The first-order chi connectivity index (χ1) is 12.2. The standard InChI is InChI=1S/C17H18IN5O2/c1-10-15-12(9-13(20-10)23-5-7-25-8-6-23)21-16(22-15)14-11(18)3-4-19-17(14)24-2/h3-4,9H,5-8H2,1-2H3,(H,21,22). The lowest BCUT2D eigenvalue weighted by Crippen LogP contribution is -2.36. The number of hydrogen-bond acceptors (Lipinski definition) is 6. The molecule has 4 rings (SSSR count). The highest BCUT2D eigenvalue weighted by molar-refractivity contribution is 14.1. The molecule has 1 fully saturated rings. The molecule has 0 spiro atoms. The molecule has 0 aromatic carbocycles. The molecular formula is C17H18IN5O2. The van der Waals surface area contributed by atoms with Crippen LogP contribution in [0.5, 0.6) is 5.88 Å². The molecule has 0 atom stereocenters. The van der Waals surface area contributed by atoms with Crippen molar-refractivity contribution >= 4 is 39.4 Å². The van der Waals surface area contributed by atoms with Crippen molar-refractivity contribution in [1.29, 1.82) is 0 Å². The number of rotatable bonds is 3. The van der Waals surface area contributed by atoms with Crippen LogP contribution in [0.2, 0.25) is 0 Å². The minimum absolute atomic E-state index is 0.560. The molecule has 25 heavy (non-hydrogen) atoms. The van der Waals surface area contributed by atoms with Crippen molar-refractivity contribution in [2.75, 3.05) is 38.3 Å². The maximum atomic E-state index is 5.43. The van der Waals surface area contributed by atoms with Crippen molar-refractivity contribution in [3.05, 3.63) is 27.6 Å². The third-order valence-electron chi connectivity index (χ3n) is 4.26. The zero-order valence-corrected chi connectivity index (χ0v) is 16.2. The quantitative estimate of drug-likeness (QED) is 0.618. The topological polar surface area (TPSA) is 76.2 Å². The average Bonchev–Trinajstić information content (AvgIpc) is 3.06. The Labute approximate surface area is 158 Å². The Morgan fingerprint density at radius 1 is 1.28 bits per heavy atom. The van der Waals surface area contributed by atoms with Crippen LogP contribution in [0.1, 0.15) is 5.69 Å². The van der Waals surface area contributed by atoms with Crippen LogP contribution in [-0.2, 0) is 4.74 Å². The summed E-state index contributed by atoms with van der Waals surface area (Å²) in [5.74, 6) is 2.26. The molecule has 0 unspecified atom stereocenters. The molecule has 8 heteroatoms. The molecule has 0 saturated carbocycles. The van der Waals surface area contributed by atoms with Gasteiger partial charge in [0.25, 0.3) is 0 Å². The van der Waals surface area contributed by atoms with E-state index in [1.165, 1.54) is 0 Å². The van der Waals surface area contributed by atoms with Gasteiger partial charge in [0.15, 0.2) is 0 Å². The van der Waals surface area contributed by atoms with E-state index >= 15 is 0 Å². The fourth-order valence-corrected chi connectivity index (χ4v) is 3.66. The van der Waals surface area contributed by atoms with E-state index in [0.29, 0.717) is 5.88 Å². The lowest BCUT2D eigenvalue weighted by molar-refractivity contribution is 0.122. The zero-order chi connectivity index (χ0) is 17.4. The van der Waals surface area contributed by atoms with Gasteiger partial charge in [0, 0.05) is 28.9 Å². The van der Waals surface area contributed by atoms with Gasteiger partial charge in [-0.05, 0) is 35.6 Å². The molecule has 1 aliphatic rings. The first-order valence-corrected chi connectivity index (χ1v) is 9.14. The molecule has 7 nitrogen and oxygen atoms in total. The lowest BCUT2D eigenvalue weighted by Gasteiger charge is -2.27. The van der Waals surface area contributed by atoms with Crippen molar-refractivity contribution in [3.8, 4) is 17.3 Å². The van der Waals surface area contributed by atoms with E-state index in [4.69, 9.17) is 19.4 Å². The maximum absolute atomic E-state index is 5.43. The second-order valence-corrected chi connectivity index (χ2v) is 6.99. The lowest BCUT2D eigenvalue weighted by atomic mass is 10.2. The summed E-state index contributed by atoms with van der Waals surface area (Å²) in [4.78, 5) is 19.4. The predicted molar refractivity (Wildman–Crippen MR) is 104 cm³/mol. The largest absolute Gasteiger partial charge is 0.480 e. The van der Waals surface area contributed by atoms with E-state index in [1.807, 2.05) is 13.0 Å². The van der Waals surface area contributed by atoms with Gasteiger partial charge >= 0.3 is 0 Å². The summed E-state index contributed by atoms with van der Waals surface area (Å²) in [6, 6.07) is 4.00. The van der Waals surface area contributed by atoms with Crippen LogP contribution in [0, 0.1) is 10.5 Å². The summed E-state index contributed by atoms with van der Waals surface area (Å²) in [7, 11) is 1.62. The highest BCUT2D eigenvalue weighted by Crippen LogP contribution is 2.33. The average molecular weight is 451 g/mol. The Kier molecular flexibility index (Phi) is 4.46. The minimum Gasteiger partial charge on any atom is -0.480 e. The number of anilines is 1. The first-order valence-electron chi connectivity index (χ1n) is 8.06. The number of nitrogens with one attached hydrogen (secondary N) is 1. The molecule has 1 saturated heterocycles. The fraction of sp³-hybridized carbons (Fsp3) is 0.353. The molecule has 0 bridgehead atoms. The van der Waals surface area contributed by atoms with E-state index in [1.54, 1.807) is 13.3 Å². The van der Waals surface area contributed by atoms with Crippen molar-refractivity contribution in [1.82, 2.24) is 19.9 Å². The van der Waals surface area contributed by atoms with Gasteiger partial charge in [0.05, 0.1) is 37.1 Å². The Morgan fingerprint density at radius 2 is 2.08 bits per heavy atom. The zero-order valence-electron chi connectivity index (χ0n) is 14.0. The number of morpholine rings is 1. The Morgan fingerprint density at radius 3 is 2.84 bits per heavy atom. The number of methoxy groups -OCH3 is 1. The molecule has 0 radical (unpaired) electrons. The van der Waals surface area contributed by atoms with E-state index in [2.05, 4.69) is 43.5 Å². The van der Waals surface area contributed by atoms with Crippen LogP contribution >= 0.6 is 22.6 Å². The number of fused-ring (bicyclic) bond motifs is 1. The summed E-state index contributed by atoms with van der Waals surface area (Å²) in [5.41, 5.74) is 3.60. The number of hydrogen-bond donors (Lipinski definition) is 1. The second-order valence-electron chi connectivity index (χ2n) is 5.82. The van der Waals surface area contributed by atoms with Gasteiger partial charge in [-0.25, -0.2) is 15.0 Å². The first kappa shape index (κ1) is 16.5. The Hall–Kier alpha value is -1.94. The van der Waals surface area contributed by atoms with Gasteiger partial charge in [-0.1, -0.05) is 0 Å². The van der Waals surface area contributed by atoms with Crippen molar-refractivity contribution in [2.24, 2.45) is 0 Å². The number of aromatic amines is 1. The summed E-state index contributed by atoms with van der Waals surface area (Å²) >= 11 is 2.27. The predicted octanol–water partition coefficient (Wildman–Crippen LogP) is 2.78. The van der Waals surface area contributed by atoms with Crippen LogP contribution < -0.4 is 9.64 Å². The van der Waals surface area contributed by atoms with Gasteiger partial charge in [-0.15, -0.1) is 0 Å². The van der Waals surface area contributed by atoms with Gasteiger partial charge < -0.3 is 19.4 Å². The van der Waals surface area contributed by atoms with Crippen molar-refractivity contribution in [3.63, 3.8) is 0 Å². The highest BCUT2D eigenvalue weighted by Gasteiger charge is 2.19. The summed E-state index contributed by atoms with van der Waals surface area (Å²) in [5, 5.41) is 0. The van der Waals surface area contributed by atoms with Crippen molar-refractivity contribution < 1.29 is 9.47 Å². The van der Waals surface area contributed by atoms with Crippen LogP contribution in [0.15, 0.2) is 18.3 Å². The summed E-state index contributed by atoms with van der Waals surface area (Å²) in [6.07, 6.45) is 1.73. The second kappa shape index (κ2) is 6.75. The number of imidazole rings is 1. The molecular weight excluding hydrogens is 433 g/mol. The molecule has 4 heterocycles. The van der Waals surface area contributed by atoms with Gasteiger partial charge in [-0.3, -0.25) is 0 Å². The Balaban J connectivity index is 1.82. The van der Waals surface area contributed by atoms with E-state index in [0.717, 1.165) is 63.8 Å². The van der Waals surface area contributed by atoms with Gasteiger partial charge in [-0.2, -0.15) is 0 Å². The third-order valence-corrected chi connectivity index (χ3v) is 5.16. The molecule has 1 aliphatic heterocycles. The fourth-order valence-electron chi connectivity index (χ4n) is 3.02. The van der Waals surface area contributed by atoms with Crippen molar-refractivity contribution in [2.45, 2.75) is 6.92 Å². The summed E-state index contributed by atoms with van der Waals surface area (Å²) in [6.45, 7) is 5.17.